The Morgan fingerprint density at radius 2 is 2.33 bits per heavy atom. The van der Waals surface area contributed by atoms with Crippen LogP contribution in [0.5, 0.6) is 0 Å². The Kier molecular flexibility index (Phi) is 4.13. The van der Waals surface area contributed by atoms with Crippen LogP contribution in [0.15, 0.2) is 16.6 Å². The number of ether oxygens (including phenoxy) is 1. The number of alkyl halides is 1. The highest BCUT2D eigenvalue weighted by atomic mass is 79.9. The van der Waals surface area contributed by atoms with Crippen LogP contribution in [0.4, 0.5) is 0 Å². The predicted octanol–water partition coefficient (Wildman–Crippen LogP) is 2.85. The summed E-state index contributed by atoms with van der Waals surface area (Å²) in [7, 11) is 1.30. The Bertz CT molecular complexity index is 440. The highest BCUT2D eigenvalue weighted by Crippen LogP contribution is 2.24. The first kappa shape index (κ1) is 12.0. The number of halogens is 2. The van der Waals surface area contributed by atoms with Gasteiger partial charge < -0.3 is 4.74 Å². The summed E-state index contributed by atoms with van der Waals surface area (Å²) >= 11 is 8.89. The van der Waals surface area contributed by atoms with E-state index in [-0.39, 0.29) is 5.88 Å². The van der Waals surface area contributed by atoms with Gasteiger partial charge >= 0.3 is 5.97 Å². The molecule has 0 bridgehead atoms. The molecule has 15 heavy (non-hydrogen) atoms. The molecule has 0 aliphatic carbocycles. The van der Waals surface area contributed by atoms with Crippen LogP contribution in [0.3, 0.4) is 0 Å². The first-order chi connectivity index (χ1) is 7.13. The number of methoxy groups -OCH3 is 1. The summed E-state index contributed by atoms with van der Waals surface area (Å²) in [4.78, 5) is 11.3. The van der Waals surface area contributed by atoms with Gasteiger partial charge in [0.1, 0.15) is 6.07 Å². The summed E-state index contributed by atoms with van der Waals surface area (Å²) in [6.45, 7) is 0. The first-order valence-corrected chi connectivity index (χ1v) is 5.33. The summed E-state index contributed by atoms with van der Waals surface area (Å²) in [5.41, 5.74) is 1.42. The fraction of sp³-hybridized carbons (Fsp3) is 0.200. The summed E-state index contributed by atoms with van der Waals surface area (Å²) in [6, 6.07) is 5.12. The Hall–Kier alpha value is -1.05. The fourth-order valence-electron chi connectivity index (χ4n) is 1.13. The van der Waals surface area contributed by atoms with Crippen molar-refractivity contribution in [1.29, 1.82) is 5.26 Å². The van der Waals surface area contributed by atoms with E-state index in [2.05, 4.69) is 20.7 Å². The highest BCUT2D eigenvalue weighted by Gasteiger charge is 2.12. The van der Waals surface area contributed by atoms with E-state index >= 15 is 0 Å². The Balaban J connectivity index is 3.33. The molecule has 0 radical (unpaired) electrons. The average molecular weight is 289 g/mol. The molecule has 0 N–H and O–H groups in total. The monoisotopic (exact) mass is 287 g/mol. The molecule has 1 aromatic rings. The van der Waals surface area contributed by atoms with Crippen LogP contribution >= 0.6 is 27.5 Å². The van der Waals surface area contributed by atoms with Gasteiger partial charge in [-0.15, -0.1) is 11.6 Å². The Morgan fingerprint density at radius 1 is 1.67 bits per heavy atom. The van der Waals surface area contributed by atoms with Crippen LogP contribution in [0.1, 0.15) is 21.5 Å². The van der Waals surface area contributed by atoms with E-state index in [0.717, 1.165) is 0 Å². The number of rotatable bonds is 2. The standard InChI is InChI=1S/C10H7BrClNO2/c1-15-10(14)6-2-7(4-12)8(5-13)9(11)3-6/h2-3H,4H2,1H3. The van der Waals surface area contributed by atoms with Gasteiger partial charge in [-0.05, 0) is 33.6 Å². The third-order valence-electron chi connectivity index (χ3n) is 1.85. The minimum Gasteiger partial charge on any atom is -0.465 e. The third-order valence-corrected chi connectivity index (χ3v) is 2.76. The maximum atomic E-state index is 11.3. The lowest BCUT2D eigenvalue weighted by atomic mass is 10.1. The van der Waals surface area contributed by atoms with Crippen LogP contribution in [-0.4, -0.2) is 13.1 Å². The van der Waals surface area contributed by atoms with Gasteiger partial charge in [0, 0.05) is 10.4 Å². The summed E-state index contributed by atoms with van der Waals surface area (Å²) in [5, 5.41) is 8.86. The molecule has 78 valence electrons. The normalized spacial score (nSPS) is 9.47. The zero-order chi connectivity index (χ0) is 11.4. The molecule has 0 atom stereocenters. The van der Waals surface area contributed by atoms with Gasteiger partial charge in [0.2, 0.25) is 0 Å². The molecular weight excluding hydrogens is 281 g/mol. The van der Waals surface area contributed by atoms with Gasteiger partial charge in [0.25, 0.3) is 0 Å². The van der Waals surface area contributed by atoms with Crippen LogP contribution in [0.25, 0.3) is 0 Å². The second-order valence-corrected chi connectivity index (χ2v) is 3.85. The van der Waals surface area contributed by atoms with Crippen molar-refractivity contribution < 1.29 is 9.53 Å². The second-order valence-electron chi connectivity index (χ2n) is 2.73. The van der Waals surface area contributed by atoms with E-state index < -0.39 is 5.97 Å². The van der Waals surface area contributed by atoms with E-state index in [4.69, 9.17) is 16.9 Å². The van der Waals surface area contributed by atoms with Gasteiger partial charge in [-0.25, -0.2) is 4.79 Å². The maximum Gasteiger partial charge on any atom is 0.337 e. The van der Waals surface area contributed by atoms with Crippen LogP contribution in [-0.2, 0) is 10.6 Å². The number of carbonyl (C=O) groups excluding carboxylic acids is 1. The molecule has 0 aliphatic heterocycles. The van der Waals surface area contributed by atoms with Gasteiger partial charge in [0.15, 0.2) is 0 Å². The molecule has 3 nitrogen and oxygen atoms in total. The minimum atomic E-state index is -0.452. The molecule has 1 aromatic carbocycles. The lowest BCUT2D eigenvalue weighted by Gasteiger charge is -2.05. The van der Waals surface area contributed by atoms with Crippen LogP contribution < -0.4 is 0 Å². The number of esters is 1. The van der Waals surface area contributed by atoms with Crippen LogP contribution in [0, 0.1) is 11.3 Å². The summed E-state index contributed by atoms with van der Waals surface area (Å²) in [6.07, 6.45) is 0. The average Bonchev–Trinajstić information content (AvgIpc) is 2.26. The van der Waals surface area contributed by atoms with Crippen molar-refractivity contribution in [3.05, 3.63) is 33.3 Å². The van der Waals surface area contributed by atoms with Gasteiger partial charge in [-0.2, -0.15) is 5.26 Å². The van der Waals surface area contributed by atoms with Crippen molar-refractivity contribution in [2.75, 3.05) is 7.11 Å². The smallest absolute Gasteiger partial charge is 0.337 e. The molecule has 0 amide bonds. The first-order valence-electron chi connectivity index (χ1n) is 4.00. The number of carbonyl (C=O) groups is 1. The maximum absolute atomic E-state index is 11.3. The van der Waals surface area contributed by atoms with Crippen molar-refractivity contribution in [3.63, 3.8) is 0 Å². The summed E-state index contributed by atoms with van der Waals surface area (Å²) < 4.78 is 5.12. The SMILES string of the molecule is COC(=O)c1cc(Br)c(C#N)c(CCl)c1. The van der Waals surface area contributed by atoms with Crippen molar-refractivity contribution in [3.8, 4) is 6.07 Å². The van der Waals surface area contributed by atoms with E-state index in [9.17, 15) is 4.79 Å². The van der Waals surface area contributed by atoms with Crippen molar-refractivity contribution in [1.82, 2.24) is 0 Å². The van der Waals surface area contributed by atoms with E-state index in [0.29, 0.717) is 21.2 Å². The van der Waals surface area contributed by atoms with Crippen molar-refractivity contribution in [2.45, 2.75) is 5.88 Å². The molecule has 0 unspecified atom stereocenters. The molecule has 0 aromatic heterocycles. The fourth-order valence-corrected chi connectivity index (χ4v) is 1.93. The zero-order valence-electron chi connectivity index (χ0n) is 7.88. The largest absolute Gasteiger partial charge is 0.465 e. The van der Waals surface area contributed by atoms with Crippen molar-refractivity contribution >= 4 is 33.5 Å². The third kappa shape index (κ3) is 2.49. The van der Waals surface area contributed by atoms with Gasteiger partial charge in [-0.1, -0.05) is 0 Å². The van der Waals surface area contributed by atoms with E-state index in [1.807, 2.05) is 6.07 Å². The number of hydrogen-bond acceptors (Lipinski definition) is 3. The second kappa shape index (κ2) is 5.15. The van der Waals surface area contributed by atoms with Crippen LogP contribution in [0.2, 0.25) is 0 Å². The molecule has 0 saturated carbocycles. The van der Waals surface area contributed by atoms with Crippen molar-refractivity contribution in [2.24, 2.45) is 0 Å². The molecule has 0 heterocycles. The lowest BCUT2D eigenvalue weighted by molar-refractivity contribution is 0.0600. The number of nitrogens with zero attached hydrogens (tertiary/aromatic N) is 1. The molecule has 0 saturated heterocycles. The van der Waals surface area contributed by atoms with E-state index in [1.165, 1.54) is 7.11 Å². The molecule has 1 rings (SSSR count). The molecule has 0 aliphatic rings. The number of hydrogen-bond donors (Lipinski definition) is 0. The molecule has 5 heteroatoms. The van der Waals surface area contributed by atoms with Gasteiger partial charge in [-0.3, -0.25) is 0 Å². The summed E-state index contributed by atoms with van der Waals surface area (Å²) in [5.74, 6) is -0.279. The molecule has 0 spiro atoms. The Labute approximate surface area is 101 Å². The lowest BCUT2D eigenvalue weighted by Crippen LogP contribution is -2.03. The molecular formula is C10H7BrClNO2. The predicted molar refractivity (Wildman–Crippen MR) is 59.8 cm³/mol. The number of benzene rings is 1. The topological polar surface area (TPSA) is 50.1 Å². The van der Waals surface area contributed by atoms with E-state index in [1.54, 1.807) is 12.1 Å². The van der Waals surface area contributed by atoms with Gasteiger partial charge in [0.05, 0.1) is 18.2 Å². The Morgan fingerprint density at radius 3 is 2.80 bits per heavy atom. The zero-order valence-corrected chi connectivity index (χ0v) is 10.2. The highest BCUT2D eigenvalue weighted by molar-refractivity contribution is 9.10. The molecule has 0 fully saturated rings. The minimum absolute atomic E-state index is 0.173. The number of nitriles is 1. The quantitative estimate of drug-likeness (QED) is 0.621.